The summed E-state index contributed by atoms with van der Waals surface area (Å²) >= 11 is 6.03. The highest BCUT2D eigenvalue weighted by Gasteiger charge is 2.21. The number of methoxy groups -OCH3 is 1. The third kappa shape index (κ3) is 3.68. The highest BCUT2D eigenvalue weighted by Crippen LogP contribution is 2.26. The number of hydrogen-bond donors (Lipinski definition) is 1. The van der Waals surface area contributed by atoms with Crippen LogP contribution in [0.1, 0.15) is 21.7 Å². The van der Waals surface area contributed by atoms with E-state index in [0.29, 0.717) is 24.2 Å². The molecule has 2 rings (SSSR count). The molecule has 0 radical (unpaired) electrons. The van der Waals surface area contributed by atoms with E-state index < -0.39 is 16.0 Å². The SMILES string of the molecule is COC(=O)c1cc(S(N)(=O)=O)c(CCc2ccco2)cc1Cl. The molecule has 2 aromatic rings. The van der Waals surface area contributed by atoms with E-state index in [1.54, 1.807) is 12.1 Å². The molecule has 0 spiro atoms. The highest BCUT2D eigenvalue weighted by atomic mass is 35.5. The molecule has 0 bridgehead atoms. The Morgan fingerprint density at radius 1 is 1.36 bits per heavy atom. The maximum atomic E-state index is 11.7. The van der Waals surface area contributed by atoms with Gasteiger partial charge in [0.25, 0.3) is 0 Å². The number of nitrogens with two attached hydrogens (primary N) is 1. The van der Waals surface area contributed by atoms with Crippen LogP contribution in [0.4, 0.5) is 0 Å². The Labute approximate surface area is 132 Å². The molecule has 118 valence electrons. The number of sulfonamides is 1. The van der Waals surface area contributed by atoms with Crippen LogP contribution in [0.3, 0.4) is 0 Å². The number of carbonyl (C=O) groups excluding carboxylic acids is 1. The predicted octanol–water partition coefficient (Wildman–Crippen LogP) is 2.15. The van der Waals surface area contributed by atoms with Gasteiger partial charge in [0, 0.05) is 6.42 Å². The van der Waals surface area contributed by atoms with Crippen molar-refractivity contribution in [3.8, 4) is 0 Å². The topological polar surface area (TPSA) is 99.6 Å². The minimum Gasteiger partial charge on any atom is -0.469 e. The molecule has 0 amide bonds. The number of esters is 1. The third-order valence-corrected chi connectivity index (χ3v) is 4.39. The Hall–Kier alpha value is -1.83. The van der Waals surface area contributed by atoms with E-state index in [0.717, 1.165) is 6.07 Å². The average molecular weight is 344 g/mol. The molecule has 0 aliphatic rings. The first-order valence-corrected chi connectivity index (χ1v) is 8.21. The molecular formula is C14H14ClNO5S. The number of primary sulfonamides is 1. The summed E-state index contributed by atoms with van der Waals surface area (Å²) in [4.78, 5) is 11.5. The van der Waals surface area contributed by atoms with E-state index in [2.05, 4.69) is 4.74 Å². The van der Waals surface area contributed by atoms with Crippen LogP contribution >= 0.6 is 11.6 Å². The van der Waals surface area contributed by atoms with Crippen LogP contribution in [-0.4, -0.2) is 21.5 Å². The van der Waals surface area contributed by atoms with Crippen molar-refractivity contribution in [2.24, 2.45) is 5.14 Å². The van der Waals surface area contributed by atoms with Crippen LogP contribution in [0.5, 0.6) is 0 Å². The molecule has 0 saturated heterocycles. The third-order valence-electron chi connectivity index (χ3n) is 3.08. The lowest BCUT2D eigenvalue weighted by atomic mass is 10.1. The standard InChI is InChI=1S/C14H14ClNO5S/c1-20-14(17)11-8-13(22(16,18)19)9(7-12(11)15)4-5-10-3-2-6-21-10/h2-3,6-8H,4-5H2,1H3,(H2,16,18,19). The van der Waals surface area contributed by atoms with Crippen molar-refractivity contribution >= 4 is 27.6 Å². The van der Waals surface area contributed by atoms with Gasteiger partial charge in [-0.15, -0.1) is 0 Å². The highest BCUT2D eigenvalue weighted by molar-refractivity contribution is 7.89. The summed E-state index contributed by atoms with van der Waals surface area (Å²) in [5.41, 5.74) is 0.367. The van der Waals surface area contributed by atoms with Crippen LogP contribution in [0.15, 0.2) is 39.8 Å². The second kappa shape index (κ2) is 6.51. The fourth-order valence-corrected chi connectivity index (χ4v) is 3.11. The average Bonchev–Trinajstić information content (AvgIpc) is 2.96. The van der Waals surface area contributed by atoms with Gasteiger partial charge in [-0.25, -0.2) is 18.4 Å². The summed E-state index contributed by atoms with van der Waals surface area (Å²) in [6, 6.07) is 6.07. The van der Waals surface area contributed by atoms with Gasteiger partial charge in [0.15, 0.2) is 0 Å². The summed E-state index contributed by atoms with van der Waals surface area (Å²) in [6.45, 7) is 0. The van der Waals surface area contributed by atoms with E-state index in [1.807, 2.05) is 0 Å². The molecule has 8 heteroatoms. The number of aryl methyl sites for hydroxylation is 2. The van der Waals surface area contributed by atoms with Crippen LogP contribution in [0.2, 0.25) is 5.02 Å². The van der Waals surface area contributed by atoms with Gasteiger partial charge in [-0.3, -0.25) is 0 Å². The van der Waals surface area contributed by atoms with Gasteiger partial charge in [-0.2, -0.15) is 0 Å². The van der Waals surface area contributed by atoms with Gasteiger partial charge < -0.3 is 9.15 Å². The predicted molar refractivity (Wildman–Crippen MR) is 80.3 cm³/mol. The summed E-state index contributed by atoms with van der Waals surface area (Å²) in [6.07, 6.45) is 2.35. The Kier molecular flexibility index (Phi) is 4.90. The number of halogens is 1. The molecule has 0 atom stereocenters. The molecule has 1 aromatic heterocycles. The van der Waals surface area contributed by atoms with E-state index >= 15 is 0 Å². The molecule has 0 fully saturated rings. The van der Waals surface area contributed by atoms with Gasteiger partial charge in [0.1, 0.15) is 5.76 Å². The van der Waals surface area contributed by atoms with Crippen LogP contribution < -0.4 is 5.14 Å². The van der Waals surface area contributed by atoms with Crippen molar-refractivity contribution in [2.75, 3.05) is 7.11 Å². The van der Waals surface area contributed by atoms with Gasteiger partial charge in [0.2, 0.25) is 10.0 Å². The molecule has 6 nitrogen and oxygen atoms in total. The lowest BCUT2D eigenvalue weighted by Crippen LogP contribution is -2.16. The smallest absolute Gasteiger partial charge is 0.339 e. The fraction of sp³-hybridized carbons (Fsp3) is 0.214. The number of ether oxygens (including phenoxy) is 1. The Morgan fingerprint density at radius 2 is 2.09 bits per heavy atom. The van der Waals surface area contributed by atoms with Crippen LogP contribution in [0.25, 0.3) is 0 Å². The van der Waals surface area contributed by atoms with Crippen LogP contribution in [-0.2, 0) is 27.6 Å². The summed E-state index contributed by atoms with van der Waals surface area (Å²) in [5, 5.41) is 5.33. The van der Waals surface area contributed by atoms with Crippen molar-refractivity contribution in [1.29, 1.82) is 0 Å². The second-order valence-electron chi connectivity index (χ2n) is 4.56. The van der Waals surface area contributed by atoms with Crippen molar-refractivity contribution in [1.82, 2.24) is 0 Å². The zero-order valence-electron chi connectivity index (χ0n) is 11.7. The quantitative estimate of drug-likeness (QED) is 0.838. The fourth-order valence-electron chi connectivity index (χ4n) is 2.03. The molecule has 0 aliphatic carbocycles. The number of rotatable bonds is 5. The second-order valence-corrected chi connectivity index (χ2v) is 6.49. The molecule has 0 unspecified atom stereocenters. The Morgan fingerprint density at radius 3 is 2.64 bits per heavy atom. The maximum absolute atomic E-state index is 11.7. The monoisotopic (exact) mass is 343 g/mol. The van der Waals surface area contributed by atoms with Crippen molar-refractivity contribution in [2.45, 2.75) is 17.7 Å². The van der Waals surface area contributed by atoms with Crippen molar-refractivity contribution < 1.29 is 22.4 Å². The molecule has 1 heterocycles. The first-order chi connectivity index (χ1) is 10.3. The zero-order valence-corrected chi connectivity index (χ0v) is 13.3. The lowest BCUT2D eigenvalue weighted by Gasteiger charge is -2.11. The minimum absolute atomic E-state index is 0.0464. The molecule has 1 aromatic carbocycles. The lowest BCUT2D eigenvalue weighted by molar-refractivity contribution is 0.0600. The van der Waals surface area contributed by atoms with E-state index in [1.165, 1.54) is 19.4 Å². The minimum atomic E-state index is -4.00. The van der Waals surface area contributed by atoms with E-state index in [-0.39, 0.29) is 15.5 Å². The first-order valence-electron chi connectivity index (χ1n) is 6.29. The van der Waals surface area contributed by atoms with Crippen molar-refractivity contribution in [3.05, 3.63) is 52.4 Å². The molecule has 0 saturated carbocycles. The normalized spacial score (nSPS) is 11.4. The van der Waals surface area contributed by atoms with Gasteiger partial charge in [-0.1, -0.05) is 11.6 Å². The van der Waals surface area contributed by atoms with Gasteiger partial charge >= 0.3 is 5.97 Å². The summed E-state index contributed by atoms with van der Waals surface area (Å²) in [5.74, 6) is -0.0268. The zero-order chi connectivity index (χ0) is 16.3. The number of hydrogen-bond acceptors (Lipinski definition) is 5. The van der Waals surface area contributed by atoms with Crippen molar-refractivity contribution in [3.63, 3.8) is 0 Å². The Balaban J connectivity index is 2.43. The molecular weight excluding hydrogens is 330 g/mol. The number of benzene rings is 1. The van der Waals surface area contributed by atoms with E-state index in [4.69, 9.17) is 21.2 Å². The summed E-state index contributed by atoms with van der Waals surface area (Å²) in [7, 11) is -2.82. The largest absolute Gasteiger partial charge is 0.469 e. The molecule has 22 heavy (non-hydrogen) atoms. The Bertz CT molecular complexity index is 784. The molecule has 2 N–H and O–H groups in total. The number of furan rings is 1. The number of carbonyl (C=O) groups is 1. The van der Waals surface area contributed by atoms with Crippen LogP contribution in [0, 0.1) is 0 Å². The first kappa shape index (κ1) is 16.5. The van der Waals surface area contributed by atoms with E-state index in [9.17, 15) is 13.2 Å². The van der Waals surface area contributed by atoms with Gasteiger partial charge in [-0.05, 0) is 36.2 Å². The van der Waals surface area contributed by atoms with Gasteiger partial charge in [0.05, 0.1) is 28.9 Å². The molecule has 0 aliphatic heterocycles. The summed E-state index contributed by atoms with van der Waals surface area (Å²) < 4.78 is 33.3. The maximum Gasteiger partial charge on any atom is 0.339 e.